The number of fused-ring (bicyclic) bond motifs is 1. The summed E-state index contributed by atoms with van der Waals surface area (Å²) in [6.45, 7) is 2.59. The highest BCUT2D eigenvalue weighted by atomic mass is 19.4. The molecule has 4 aromatic carbocycles. The molecule has 1 fully saturated rings. The van der Waals surface area contributed by atoms with E-state index in [9.17, 15) is 43.9 Å². The fourth-order valence-electron chi connectivity index (χ4n) is 4.86. The van der Waals surface area contributed by atoms with Gasteiger partial charge in [0.05, 0.1) is 17.2 Å². The Bertz CT molecular complexity index is 1910. The second-order valence-electron chi connectivity index (χ2n) is 10.6. The molecular formula is C34H20F10O2. The van der Waals surface area contributed by atoms with Crippen molar-refractivity contribution >= 4 is 10.8 Å². The van der Waals surface area contributed by atoms with Crippen LogP contribution in [0, 0.1) is 58.7 Å². The highest BCUT2D eigenvalue weighted by Gasteiger charge is 2.41. The van der Waals surface area contributed by atoms with E-state index < -0.39 is 69.0 Å². The SMILES string of the molecule is CC1CCC(c2ccc(C#Cc3cc(F)c(C(F)(F)Oc4ccc5c(F)c(C#CC(F)(F)F)c(F)cc5c4)c(F)c3)c(F)c2)OC1. The molecule has 46 heavy (non-hydrogen) atoms. The largest absolute Gasteiger partial charge is 0.458 e. The molecule has 238 valence electrons. The number of halogens is 10. The Morgan fingerprint density at radius 1 is 0.761 bits per heavy atom. The average molecular weight is 651 g/mol. The minimum absolute atomic E-state index is 0.102. The summed E-state index contributed by atoms with van der Waals surface area (Å²) in [7, 11) is 0. The second-order valence-corrected chi connectivity index (χ2v) is 10.6. The first-order valence-electron chi connectivity index (χ1n) is 13.6. The molecule has 12 heteroatoms. The molecule has 1 aliphatic heterocycles. The van der Waals surface area contributed by atoms with E-state index in [2.05, 4.69) is 16.6 Å². The van der Waals surface area contributed by atoms with Crippen molar-refractivity contribution in [3.63, 3.8) is 0 Å². The van der Waals surface area contributed by atoms with Crippen LogP contribution in [0.5, 0.6) is 5.75 Å². The van der Waals surface area contributed by atoms with Gasteiger partial charge in [0.15, 0.2) is 0 Å². The lowest BCUT2D eigenvalue weighted by atomic mass is 9.95. The molecule has 2 atom stereocenters. The van der Waals surface area contributed by atoms with E-state index in [1.54, 1.807) is 6.07 Å². The average Bonchev–Trinajstić information content (AvgIpc) is 2.95. The fraction of sp³-hybridized carbons (Fsp3) is 0.235. The van der Waals surface area contributed by atoms with E-state index >= 15 is 0 Å². The predicted molar refractivity (Wildman–Crippen MR) is 147 cm³/mol. The molecule has 0 radical (unpaired) electrons. The summed E-state index contributed by atoms with van der Waals surface area (Å²) in [6.07, 6.45) is -8.32. The minimum atomic E-state index is -5.03. The van der Waals surface area contributed by atoms with E-state index in [0.29, 0.717) is 48.8 Å². The Morgan fingerprint density at radius 2 is 1.48 bits per heavy atom. The first-order chi connectivity index (χ1) is 21.6. The monoisotopic (exact) mass is 650 g/mol. The lowest BCUT2D eigenvalue weighted by Gasteiger charge is -2.27. The molecule has 0 amide bonds. The van der Waals surface area contributed by atoms with Gasteiger partial charge in [-0.05, 0) is 78.2 Å². The molecule has 1 aliphatic rings. The van der Waals surface area contributed by atoms with Gasteiger partial charge >= 0.3 is 12.3 Å². The first kappa shape index (κ1) is 32.7. The van der Waals surface area contributed by atoms with Gasteiger partial charge < -0.3 is 9.47 Å². The van der Waals surface area contributed by atoms with Crippen LogP contribution >= 0.6 is 0 Å². The normalized spacial score (nSPS) is 16.8. The molecule has 0 N–H and O–H groups in total. The van der Waals surface area contributed by atoms with Crippen molar-refractivity contribution in [1.29, 1.82) is 0 Å². The quantitative estimate of drug-likeness (QED) is 0.162. The van der Waals surface area contributed by atoms with Crippen LogP contribution in [0.25, 0.3) is 10.8 Å². The molecule has 0 aliphatic carbocycles. The highest BCUT2D eigenvalue weighted by molar-refractivity contribution is 5.86. The van der Waals surface area contributed by atoms with Crippen molar-refractivity contribution in [2.75, 3.05) is 6.61 Å². The Kier molecular flexibility index (Phi) is 8.96. The first-order valence-corrected chi connectivity index (χ1v) is 13.6. The van der Waals surface area contributed by atoms with Crippen LogP contribution in [-0.4, -0.2) is 12.8 Å². The fourth-order valence-corrected chi connectivity index (χ4v) is 4.86. The van der Waals surface area contributed by atoms with Crippen molar-refractivity contribution in [3.8, 4) is 29.4 Å². The molecule has 2 nitrogen and oxygen atoms in total. The van der Waals surface area contributed by atoms with Crippen LogP contribution in [0.4, 0.5) is 43.9 Å². The maximum atomic E-state index is 15.0. The molecule has 0 bridgehead atoms. The minimum Gasteiger partial charge on any atom is -0.429 e. The number of benzene rings is 4. The zero-order valence-electron chi connectivity index (χ0n) is 23.6. The van der Waals surface area contributed by atoms with Crippen LogP contribution < -0.4 is 4.74 Å². The van der Waals surface area contributed by atoms with Crippen molar-refractivity contribution in [2.45, 2.75) is 38.2 Å². The molecule has 0 spiro atoms. The molecular weight excluding hydrogens is 630 g/mol. The van der Waals surface area contributed by atoms with E-state index in [1.165, 1.54) is 18.1 Å². The van der Waals surface area contributed by atoms with E-state index in [0.717, 1.165) is 24.5 Å². The number of hydrogen-bond donors (Lipinski definition) is 0. The van der Waals surface area contributed by atoms with Crippen molar-refractivity contribution in [3.05, 3.63) is 112 Å². The lowest BCUT2D eigenvalue weighted by Crippen LogP contribution is -2.25. The van der Waals surface area contributed by atoms with E-state index in [4.69, 9.17) is 4.74 Å². The number of alkyl halides is 5. The van der Waals surface area contributed by atoms with Crippen LogP contribution in [0.15, 0.2) is 54.6 Å². The van der Waals surface area contributed by atoms with E-state index in [1.807, 2.05) is 6.92 Å². The highest BCUT2D eigenvalue weighted by Crippen LogP contribution is 2.37. The molecule has 1 saturated heterocycles. The summed E-state index contributed by atoms with van der Waals surface area (Å²) in [5.74, 6) is -0.731. The molecule has 1 heterocycles. The summed E-state index contributed by atoms with van der Waals surface area (Å²) in [6, 6.07) is 8.03. The van der Waals surface area contributed by atoms with Crippen molar-refractivity contribution < 1.29 is 53.4 Å². The van der Waals surface area contributed by atoms with Gasteiger partial charge in [-0.1, -0.05) is 30.8 Å². The Labute approximate surface area is 255 Å². The predicted octanol–water partition coefficient (Wildman–Crippen LogP) is 9.46. The third kappa shape index (κ3) is 7.24. The molecule has 0 saturated carbocycles. The summed E-state index contributed by atoms with van der Waals surface area (Å²) >= 11 is 0. The van der Waals surface area contributed by atoms with Gasteiger partial charge in [-0.2, -0.15) is 22.0 Å². The zero-order valence-corrected chi connectivity index (χ0v) is 23.6. The van der Waals surface area contributed by atoms with Gasteiger partial charge in [0.25, 0.3) is 0 Å². The maximum Gasteiger partial charge on any atom is 0.458 e. The zero-order chi connectivity index (χ0) is 33.4. The third-order valence-electron chi connectivity index (χ3n) is 7.12. The van der Waals surface area contributed by atoms with Crippen molar-refractivity contribution in [1.82, 2.24) is 0 Å². The van der Waals surface area contributed by atoms with Crippen LogP contribution in [-0.2, 0) is 10.8 Å². The molecule has 4 aromatic rings. The van der Waals surface area contributed by atoms with Gasteiger partial charge in [0.1, 0.15) is 40.4 Å². The van der Waals surface area contributed by atoms with Crippen LogP contribution in [0.2, 0.25) is 0 Å². The standard InChI is InChI=1S/C34H20F10O2/c1-18-2-9-30(45-17-18)21-6-5-20(26(35)15-21)4-3-19-12-28(37)31(29(38)13-19)34(43,44)46-23-7-8-24-22(14-23)16-27(36)25(32(24)39)10-11-33(40,41)42/h5-8,12-16,18,30H,2,9,17H2,1H3. The molecule has 5 rings (SSSR count). The Morgan fingerprint density at radius 3 is 2.11 bits per heavy atom. The smallest absolute Gasteiger partial charge is 0.429 e. The molecule has 2 unspecified atom stereocenters. The van der Waals surface area contributed by atoms with Gasteiger partial charge in [-0.25, -0.2) is 22.0 Å². The Balaban J connectivity index is 1.36. The topological polar surface area (TPSA) is 18.5 Å². The Hall–Kier alpha value is -4.68. The summed E-state index contributed by atoms with van der Waals surface area (Å²) < 4.78 is 151. The summed E-state index contributed by atoms with van der Waals surface area (Å²) in [4.78, 5) is 0. The van der Waals surface area contributed by atoms with Gasteiger partial charge in [-0.3, -0.25) is 0 Å². The number of hydrogen-bond acceptors (Lipinski definition) is 2. The summed E-state index contributed by atoms with van der Waals surface area (Å²) in [5.41, 5.74) is -2.87. The molecule has 0 aromatic heterocycles. The van der Waals surface area contributed by atoms with Gasteiger partial charge in [0.2, 0.25) is 0 Å². The van der Waals surface area contributed by atoms with E-state index in [-0.39, 0.29) is 17.2 Å². The van der Waals surface area contributed by atoms with Crippen LogP contribution in [0.3, 0.4) is 0 Å². The maximum absolute atomic E-state index is 15.0. The number of ether oxygens (including phenoxy) is 2. The summed E-state index contributed by atoms with van der Waals surface area (Å²) in [5, 5.41) is -0.889. The second kappa shape index (κ2) is 12.6. The van der Waals surface area contributed by atoms with Gasteiger partial charge in [0, 0.05) is 23.5 Å². The lowest BCUT2D eigenvalue weighted by molar-refractivity contribution is -0.189. The van der Waals surface area contributed by atoms with Crippen molar-refractivity contribution in [2.24, 2.45) is 5.92 Å². The third-order valence-corrected chi connectivity index (χ3v) is 7.12. The van der Waals surface area contributed by atoms with Gasteiger partial charge in [-0.15, -0.1) is 0 Å². The number of rotatable bonds is 4. The van der Waals surface area contributed by atoms with Crippen LogP contribution in [0.1, 0.15) is 53.7 Å².